The minimum absolute atomic E-state index is 0.253. The van der Waals surface area contributed by atoms with E-state index in [4.69, 9.17) is 15.2 Å². The molecule has 0 amide bonds. The van der Waals surface area contributed by atoms with E-state index in [0.717, 1.165) is 5.56 Å². The van der Waals surface area contributed by atoms with Crippen molar-refractivity contribution in [3.05, 3.63) is 27.7 Å². The van der Waals surface area contributed by atoms with Crippen molar-refractivity contribution in [2.24, 2.45) is 0 Å². The second-order valence-electron chi connectivity index (χ2n) is 4.09. The number of nitrogens with two attached hydrogens (primary N) is 1. The summed E-state index contributed by atoms with van der Waals surface area (Å²) in [5.74, 6) is -0.387. The number of esters is 2. The maximum Gasteiger partial charge on any atom is 0.308 e. The molecule has 0 saturated heterocycles. The molecule has 9 heteroatoms. The smallest absolute Gasteiger partial charge is 0.308 e. The molecule has 1 aromatic heterocycles. The normalized spacial score (nSPS) is 9.41. The Morgan fingerprint density at radius 2 is 1.82 bits per heavy atom. The number of nitrogens with one attached hydrogen (secondary N) is 1. The highest BCUT2D eigenvalue weighted by molar-refractivity contribution is 7.73. The Morgan fingerprint density at radius 1 is 1.23 bits per heavy atom. The lowest BCUT2D eigenvalue weighted by Crippen LogP contribution is -2.07. The first-order chi connectivity index (χ1) is 10.3. The Kier molecular flexibility index (Phi) is 6.67. The van der Waals surface area contributed by atoms with Gasteiger partial charge in [0.2, 0.25) is 5.13 Å². The van der Waals surface area contributed by atoms with E-state index < -0.39 is 11.9 Å². The molecule has 2 rings (SSSR count). The molecular weight excluding hydrogens is 326 g/mol. The molecule has 22 heavy (non-hydrogen) atoms. The summed E-state index contributed by atoms with van der Waals surface area (Å²) in [5.41, 5.74) is 6.11. The van der Waals surface area contributed by atoms with Crippen LogP contribution in [0.5, 0.6) is 11.5 Å². The maximum atomic E-state index is 10.8. The minimum atomic E-state index is -0.452. The van der Waals surface area contributed by atoms with Crippen LogP contribution in [0.3, 0.4) is 0 Å². The van der Waals surface area contributed by atoms with E-state index in [1.807, 2.05) is 6.92 Å². The van der Waals surface area contributed by atoms with E-state index in [1.165, 1.54) is 25.2 Å². The monoisotopic (exact) mass is 341 g/mol. The Hall–Kier alpha value is -2.26. The third-order valence-corrected chi connectivity index (χ3v) is 2.98. The summed E-state index contributed by atoms with van der Waals surface area (Å²) >= 11 is 5.92. The lowest BCUT2D eigenvalue weighted by Gasteiger charge is -2.08. The molecule has 0 fully saturated rings. The van der Waals surface area contributed by atoms with Crippen LogP contribution in [0.2, 0.25) is 0 Å². The highest BCUT2D eigenvalue weighted by Gasteiger charge is 2.09. The molecule has 118 valence electrons. The predicted molar refractivity (Wildman–Crippen MR) is 85.5 cm³/mol. The van der Waals surface area contributed by atoms with Gasteiger partial charge in [0.1, 0.15) is 0 Å². The fourth-order valence-electron chi connectivity index (χ4n) is 1.33. The number of hydrogen-bond acceptors (Lipinski definition) is 8. The van der Waals surface area contributed by atoms with Gasteiger partial charge < -0.3 is 15.2 Å². The topological polar surface area (TPSA) is 107 Å². The molecule has 0 aliphatic carbocycles. The summed E-state index contributed by atoms with van der Waals surface area (Å²) < 4.78 is 10.4. The standard InChI is InChI=1S/C11H12O4.C2H3N3S2/c1-7-4-5-10(14-8(2)12)11(6-7)15-9(3)13;3-1-4-5-2(6)7-1/h4-6H,1-3H3;(H2,3,4)(H,5,6). The van der Waals surface area contributed by atoms with Gasteiger partial charge in [-0.15, -0.1) is 5.10 Å². The maximum absolute atomic E-state index is 10.8. The van der Waals surface area contributed by atoms with Crippen LogP contribution < -0.4 is 15.2 Å². The molecule has 2 aromatic rings. The van der Waals surface area contributed by atoms with Crippen molar-refractivity contribution >= 4 is 40.6 Å². The molecule has 0 unspecified atom stereocenters. The number of nitrogen functional groups attached to an aromatic ring is 1. The Morgan fingerprint density at radius 3 is 2.23 bits per heavy atom. The summed E-state index contributed by atoms with van der Waals surface area (Å²) in [6.45, 7) is 4.43. The average molecular weight is 341 g/mol. The number of carbonyl (C=O) groups excluding carboxylic acids is 2. The van der Waals surface area contributed by atoms with Crippen LogP contribution in [0.1, 0.15) is 19.4 Å². The van der Waals surface area contributed by atoms with Crippen molar-refractivity contribution in [2.45, 2.75) is 20.8 Å². The second kappa shape index (κ2) is 8.25. The second-order valence-corrected chi connectivity index (χ2v) is 5.79. The molecular formula is C13H15N3O4S2. The van der Waals surface area contributed by atoms with Crippen molar-refractivity contribution in [1.29, 1.82) is 0 Å². The fourth-order valence-corrected chi connectivity index (χ4v) is 2.00. The molecule has 7 nitrogen and oxygen atoms in total. The highest BCUT2D eigenvalue weighted by atomic mass is 32.1. The molecule has 0 bridgehead atoms. The number of aromatic nitrogens is 2. The van der Waals surface area contributed by atoms with Gasteiger partial charge in [0.25, 0.3) is 0 Å². The van der Waals surface area contributed by atoms with Crippen LogP contribution >= 0.6 is 23.6 Å². The number of nitrogens with zero attached hydrogens (tertiary/aromatic N) is 1. The Bertz CT molecular complexity index is 724. The van der Waals surface area contributed by atoms with E-state index in [0.29, 0.717) is 9.09 Å². The average Bonchev–Trinajstić information content (AvgIpc) is 2.76. The summed E-state index contributed by atoms with van der Waals surface area (Å²) in [6.07, 6.45) is 0. The minimum Gasteiger partial charge on any atom is -0.423 e. The first-order valence-corrected chi connectivity index (χ1v) is 7.29. The fraction of sp³-hybridized carbons (Fsp3) is 0.231. The molecule has 1 heterocycles. The number of rotatable bonds is 2. The zero-order chi connectivity index (χ0) is 16.7. The van der Waals surface area contributed by atoms with E-state index in [-0.39, 0.29) is 11.5 Å². The molecule has 0 radical (unpaired) electrons. The summed E-state index contributed by atoms with van der Waals surface area (Å²) in [6, 6.07) is 5.00. The van der Waals surface area contributed by atoms with Crippen LogP contribution in [-0.4, -0.2) is 22.1 Å². The van der Waals surface area contributed by atoms with Gasteiger partial charge in [0, 0.05) is 13.8 Å². The highest BCUT2D eigenvalue weighted by Crippen LogP contribution is 2.28. The number of anilines is 1. The number of aromatic amines is 1. The van der Waals surface area contributed by atoms with Gasteiger partial charge in [0.05, 0.1) is 0 Å². The van der Waals surface area contributed by atoms with Gasteiger partial charge in [0.15, 0.2) is 15.5 Å². The lowest BCUT2D eigenvalue weighted by atomic mass is 10.2. The van der Waals surface area contributed by atoms with Gasteiger partial charge in [-0.3, -0.25) is 14.7 Å². The molecule has 0 saturated carbocycles. The molecule has 3 N–H and O–H groups in total. The van der Waals surface area contributed by atoms with Crippen LogP contribution in [0.15, 0.2) is 18.2 Å². The largest absolute Gasteiger partial charge is 0.423 e. The van der Waals surface area contributed by atoms with Crippen molar-refractivity contribution in [3.63, 3.8) is 0 Å². The van der Waals surface area contributed by atoms with E-state index >= 15 is 0 Å². The van der Waals surface area contributed by atoms with Gasteiger partial charge in [-0.2, -0.15) is 0 Å². The zero-order valence-electron chi connectivity index (χ0n) is 12.2. The SMILES string of the molecule is CC(=O)Oc1ccc(C)cc1OC(C)=O.Nc1n[nH]c(=S)s1. The molecule has 0 spiro atoms. The van der Waals surface area contributed by atoms with Crippen molar-refractivity contribution in [3.8, 4) is 11.5 Å². The molecule has 0 atom stereocenters. The number of carbonyl (C=O) groups is 2. The third kappa shape index (κ3) is 6.46. The van der Waals surface area contributed by atoms with Crippen LogP contribution in [0.25, 0.3) is 0 Å². The van der Waals surface area contributed by atoms with E-state index in [1.54, 1.807) is 18.2 Å². The van der Waals surface area contributed by atoms with Crippen molar-refractivity contribution in [1.82, 2.24) is 10.2 Å². The van der Waals surface area contributed by atoms with E-state index in [2.05, 4.69) is 22.4 Å². The van der Waals surface area contributed by atoms with Crippen LogP contribution in [-0.2, 0) is 9.59 Å². The molecule has 1 aromatic carbocycles. The quantitative estimate of drug-likeness (QED) is 0.491. The number of ether oxygens (including phenoxy) is 2. The number of benzene rings is 1. The van der Waals surface area contributed by atoms with Gasteiger partial charge in [-0.05, 0) is 36.8 Å². The zero-order valence-corrected chi connectivity index (χ0v) is 13.8. The number of hydrogen-bond donors (Lipinski definition) is 2. The summed E-state index contributed by atoms with van der Waals surface area (Å²) in [4.78, 5) is 21.6. The van der Waals surface area contributed by atoms with Gasteiger partial charge >= 0.3 is 11.9 Å². The first-order valence-electron chi connectivity index (χ1n) is 6.06. The predicted octanol–water partition coefficient (Wildman–Crippen LogP) is 2.63. The number of aryl methyl sites for hydroxylation is 1. The van der Waals surface area contributed by atoms with Crippen molar-refractivity contribution in [2.75, 3.05) is 5.73 Å². The van der Waals surface area contributed by atoms with Crippen molar-refractivity contribution < 1.29 is 19.1 Å². The molecule has 0 aliphatic rings. The number of H-pyrrole nitrogens is 1. The van der Waals surface area contributed by atoms with E-state index in [9.17, 15) is 9.59 Å². The summed E-state index contributed by atoms with van der Waals surface area (Å²) in [5, 5.41) is 6.60. The van der Waals surface area contributed by atoms with Crippen LogP contribution in [0.4, 0.5) is 5.13 Å². The Balaban J connectivity index is 0.000000287. The lowest BCUT2D eigenvalue weighted by molar-refractivity contribution is -0.134. The first kappa shape index (κ1) is 17.8. The van der Waals surface area contributed by atoms with Gasteiger partial charge in [-0.1, -0.05) is 17.4 Å². The summed E-state index contributed by atoms with van der Waals surface area (Å²) in [7, 11) is 0. The Labute approximate surface area is 136 Å². The molecule has 0 aliphatic heterocycles. The van der Waals surface area contributed by atoms with Crippen LogP contribution in [0, 0.1) is 10.9 Å². The third-order valence-electron chi connectivity index (χ3n) is 2.06. The van der Waals surface area contributed by atoms with Gasteiger partial charge in [-0.25, -0.2) is 0 Å².